The van der Waals surface area contributed by atoms with Gasteiger partial charge in [-0.2, -0.15) is 0 Å². The predicted molar refractivity (Wildman–Crippen MR) is 135 cm³/mol. The van der Waals surface area contributed by atoms with Gasteiger partial charge in [0.2, 0.25) is 0 Å². The number of nitro benzene ring substituents is 1. The first-order valence-corrected chi connectivity index (χ1v) is 12.5. The van der Waals surface area contributed by atoms with Gasteiger partial charge in [-0.05, 0) is 17.2 Å². The normalized spacial score (nSPS) is 23.7. The number of nitrogens with zero attached hydrogens (tertiary/aromatic N) is 2. The Morgan fingerprint density at radius 3 is 2.00 bits per heavy atom. The fraction of sp³-hybridized carbons (Fsp3) is 0.379. The second-order valence-electron chi connectivity index (χ2n) is 10.2. The average Bonchev–Trinajstić information content (AvgIpc) is 2.93. The molecule has 3 aromatic carbocycles. The number of hydrogen-bond acceptors (Lipinski definition) is 4. The lowest BCUT2D eigenvalue weighted by Crippen LogP contribution is -2.66. The highest BCUT2D eigenvalue weighted by atomic mass is 16.6. The smallest absolute Gasteiger partial charge is 0.273 e. The summed E-state index contributed by atoms with van der Waals surface area (Å²) in [5.41, 5.74) is 0.848. The highest BCUT2D eigenvalue weighted by Gasteiger charge is 2.60. The Bertz CT molecular complexity index is 1100. The lowest BCUT2D eigenvalue weighted by Gasteiger charge is -2.60. The minimum atomic E-state index is -1.00. The van der Waals surface area contributed by atoms with Crippen LogP contribution in [-0.2, 0) is 5.60 Å². The summed E-state index contributed by atoms with van der Waals surface area (Å²) in [5.74, 6) is 0.547. The van der Waals surface area contributed by atoms with Gasteiger partial charge < -0.3 is 14.3 Å². The number of piperidine rings is 3. The Labute approximate surface area is 206 Å². The second kappa shape index (κ2) is 9.44. The molecule has 0 aromatic heterocycles. The van der Waals surface area contributed by atoms with Crippen molar-refractivity contribution >= 4 is 5.69 Å². The summed E-state index contributed by atoms with van der Waals surface area (Å²) in [4.78, 5) is 10.6. The van der Waals surface area contributed by atoms with Crippen molar-refractivity contribution in [3.8, 4) is 5.75 Å². The van der Waals surface area contributed by atoms with Crippen molar-refractivity contribution in [3.63, 3.8) is 0 Å². The molecular weight excluding hydrogens is 440 g/mol. The fourth-order valence-corrected chi connectivity index (χ4v) is 6.36. The largest absolute Gasteiger partial charge is 0.493 e. The van der Waals surface area contributed by atoms with Crippen LogP contribution in [0.2, 0.25) is 0 Å². The third-order valence-corrected chi connectivity index (χ3v) is 8.42. The number of rotatable bonds is 9. The molecule has 0 amide bonds. The van der Waals surface area contributed by atoms with E-state index in [1.54, 1.807) is 12.1 Å². The highest BCUT2D eigenvalue weighted by Crippen LogP contribution is 2.57. The molecule has 3 saturated heterocycles. The van der Waals surface area contributed by atoms with E-state index in [1.807, 2.05) is 36.4 Å². The van der Waals surface area contributed by atoms with Crippen molar-refractivity contribution in [3.05, 3.63) is 106 Å². The molecule has 3 aromatic rings. The topological polar surface area (TPSA) is 72.6 Å². The minimum Gasteiger partial charge on any atom is -0.493 e. The third-order valence-electron chi connectivity index (χ3n) is 8.42. The van der Waals surface area contributed by atoms with Crippen molar-refractivity contribution < 1.29 is 19.2 Å². The fourth-order valence-electron chi connectivity index (χ4n) is 6.36. The SMILES string of the molecule is O=[N+]([O-])c1cccc(OCCC[N+]23CCC(C(O)(c4ccccc4)c4ccccc4)(CC2)CC3)c1. The summed E-state index contributed by atoms with van der Waals surface area (Å²) in [7, 11) is 0. The first kappa shape index (κ1) is 23.5. The summed E-state index contributed by atoms with van der Waals surface area (Å²) in [6.07, 6.45) is 3.86. The van der Waals surface area contributed by atoms with Gasteiger partial charge in [0.25, 0.3) is 5.69 Å². The molecule has 182 valence electrons. The van der Waals surface area contributed by atoms with Gasteiger partial charge in [0, 0.05) is 37.2 Å². The van der Waals surface area contributed by atoms with Crippen molar-refractivity contribution in [2.45, 2.75) is 31.3 Å². The lowest BCUT2D eigenvalue weighted by atomic mass is 9.56. The first-order chi connectivity index (χ1) is 17.0. The van der Waals surface area contributed by atoms with Crippen LogP contribution in [0.1, 0.15) is 36.8 Å². The van der Waals surface area contributed by atoms with E-state index in [0.717, 1.165) is 67.5 Å². The summed E-state index contributed by atoms with van der Waals surface area (Å²) in [6, 6.07) is 26.8. The van der Waals surface area contributed by atoms with Gasteiger partial charge in [-0.15, -0.1) is 0 Å². The molecule has 35 heavy (non-hydrogen) atoms. The molecule has 1 N–H and O–H groups in total. The monoisotopic (exact) mass is 473 g/mol. The number of ether oxygens (including phenoxy) is 1. The van der Waals surface area contributed by atoms with Crippen LogP contribution in [0.3, 0.4) is 0 Å². The van der Waals surface area contributed by atoms with Crippen molar-refractivity contribution in [2.75, 3.05) is 32.8 Å². The summed E-state index contributed by atoms with van der Waals surface area (Å²) >= 11 is 0. The van der Waals surface area contributed by atoms with Crippen molar-refractivity contribution in [2.24, 2.45) is 5.41 Å². The van der Waals surface area contributed by atoms with Gasteiger partial charge in [-0.25, -0.2) is 0 Å². The van der Waals surface area contributed by atoms with E-state index in [0.29, 0.717) is 12.4 Å². The zero-order valence-electron chi connectivity index (χ0n) is 20.0. The van der Waals surface area contributed by atoms with Crippen molar-refractivity contribution in [1.82, 2.24) is 0 Å². The molecule has 0 aliphatic carbocycles. The van der Waals surface area contributed by atoms with E-state index >= 15 is 0 Å². The quantitative estimate of drug-likeness (QED) is 0.198. The maximum Gasteiger partial charge on any atom is 0.273 e. The molecule has 3 aliphatic heterocycles. The summed E-state index contributed by atoms with van der Waals surface area (Å²) in [5, 5.41) is 23.4. The van der Waals surface area contributed by atoms with Crippen LogP contribution in [-0.4, -0.2) is 47.3 Å². The van der Waals surface area contributed by atoms with Crippen LogP contribution in [0.5, 0.6) is 5.75 Å². The zero-order chi connectivity index (χ0) is 24.4. The highest BCUT2D eigenvalue weighted by molar-refractivity contribution is 5.40. The second-order valence-corrected chi connectivity index (χ2v) is 10.2. The standard InChI is InChI=1S/C29H33N2O4/c32-29(24-9-3-1-4-10-24,25-11-5-2-6-12-25)28-15-19-31(20-16-28,21-17-28)18-8-22-35-27-14-7-13-26(23-27)30(33)34/h1-7,9-14,23,32H,8,15-22H2/q+1. The van der Waals surface area contributed by atoms with Crippen LogP contribution in [0, 0.1) is 15.5 Å². The lowest BCUT2D eigenvalue weighted by molar-refractivity contribution is -0.946. The van der Waals surface area contributed by atoms with Gasteiger partial charge >= 0.3 is 0 Å². The molecule has 3 heterocycles. The minimum absolute atomic E-state index is 0.0529. The number of non-ortho nitro benzene ring substituents is 1. The molecule has 6 rings (SSSR count). The molecule has 0 saturated carbocycles. The number of aliphatic hydroxyl groups is 1. The van der Waals surface area contributed by atoms with Gasteiger partial charge in [0.05, 0.1) is 43.8 Å². The van der Waals surface area contributed by atoms with E-state index in [-0.39, 0.29) is 11.1 Å². The van der Waals surface area contributed by atoms with Gasteiger partial charge in [0.15, 0.2) is 0 Å². The van der Waals surface area contributed by atoms with Crippen LogP contribution in [0.25, 0.3) is 0 Å². The van der Waals surface area contributed by atoms with Crippen LogP contribution in [0.15, 0.2) is 84.9 Å². The zero-order valence-corrected chi connectivity index (χ0v) is 20.0. The molecule has 2 bridgehead atoms. The Morgan fingerprint density at radius 1 is 0.886 bits per heavy atom. The van der Waals surface area contributed by atoms with E-state index in [4.69, 9.17) is 4.74 Å². The van der Waals surface area contributed by atoms with Gasteiger partial charge in [-0.1, -0.05) is 66.7 Å². The van der Waals surface area contributed by atoms with Crippen LogP contribution in [0.4, 0.5) is 5.69 Å². The Morgan fingerprint density at radius 2 is 1.46 bits per heavy atom. The summed E-state index contributed by atoms with van der Waals surface area (Å²) < 4.78 is 6.89. The molecule has 0 unspecified atom stereocenters. The molecule has 6 nitrogen and oxygen atoms in total. The molecule has 0 radical (unpaired) electrons. The van der Waals surface area contributed by atoms with Crippen LogP contribution >= 0.6 is 0 Å². The number of fused-ring (bicyclic) bond motifs is 3. The average molecular weight is 474 g/mol. The predicted octanol–water partition coefficient (Wildman–Crippen LogP) is 5.30. The number of quaternary nitrogens is 1. The van der Waals surface area contributed by atoms with E-state index in [9.17, 15) is 15.2 Å². The molecule has 0 spiro atoms. The first-order valence-electron chi connectivity index (χ1n) is 12.5. The molecule has 0 atom stereocenters. The number of benzene rings is 3. The van der Waals surface area contributed by atoms with E-state index in [1.165, 1.54) is 12.1 Å². The van der Waals surface area contributed by atoms with E-state index in [2.05, 4.69) is 24.3 Å². The number of nitro groups is 1. The Kier molecular flexibility index (Phi) is 6.34. The Hall–Kier alpha value is -3.22. The number of hydrogen-bond donors (Lipinski definition) is 1. The Balaban J connectivity index is 1.26. The third kappa shape index (κ3) is 4.32. The molecule has 3 aliphatic rings. The molecule has 6 heteroatoms. The maximum absolute atomic E-state index is 12.5. The summed E-state index contributed by atoms with van der Waals surface area (Å²) in [6.45, 7) is 4.74. The molecule has 3 fully saturated rings. The van der Waals surface area contributed by atoms with Crippen LogP contribution < -0.4 is 4.74 Å². The van der Waals surface area contributed by atoms with Gasteiger partial charge in [-0.3, -0.25) is 10.1 Å². The maximum atomic E-state index is 12.5. The van der Waals surface area contributed by atoms with E-state index < -0.39 is 10.5 Å². The molecular formula is C29H33N2O4+. The van der Waals surface area contributed by atoms with Crippen molar-refractivity contribution in [1.29, 1.82) is 0 Å². The van der Waals surface area contributed by atoms with Gasteiger partial charge in [0.1, 0.15) is 11.4 Å².